The molecule has 0 bridgehead atoms. The van der Waals surface area contributed by atoms with Crippen molar-refractivity contribution >= 4 is 11.8 Å². The van der Waals surface area contributed by atoms with Crippen molar-refractivity contribution in [3.8, 4) is 0 Å². The summed E-state index contributed by atoms with van der Waals surface area (Å²) in [6.07, 6.45) is 13.1. The van der Waals surface area contributed by atoms with Crippen LogP contribution in [-0.2, 0) is 4.74 Å². The van der Waals surface area contributed by atoms with E-state index in [2.05, 4.69) is 63.6 Å². The highest BCUT2D eigenvalue weighted by molar-refractivity contribution is 8.03. The van der Waals surface area contributed by atoms with Crippen LogP contribution in [-0.4, -0.2) is 44.0 Å². The molecule has 3 heteroatoms. The van der Waals surface area contributed by atoms with E-state index in [0.717, 1.165) is 31.8 Å². The number of ether oxygens (including phenoxy) is 1. The molecule has 0 aliphatic rings. The van der Waals surface area contributed by atoms with Gasteiger partial charge in [-0.2, -0.15) is 0 Å². The summed E-state index contributed by atoms with van der Waals surface area (Å²) < 4.78 is 5.02. The Morgan fingerprint density at radius 1 is 1.25 bits per heavy atom. The van der Waals surface area contributed by atoms with E-state index >= 15 is 0 Å². The summed E-state index contributed by atoms with van der Waals surface area (Å²) in [7, 11) is 1.72. The molecule has 1 unspecified atom stereocenters. The Kier molecular flexibility index (Phi) is 21.0. The van der Waals surface area contributed by atoms with E-state index in [1.165, 1.54) is 4.91 Å². The highest BCUT2D eigenvalue weighted by Crippen LogP contribution is 2.15. The first kappa shape index (κ1) is 25.2. The second kappa shape index (κ2) is 20.0. The third-order valence-corrected chi connectivity index (χ3v) is 4.10. The molecule has 0 radical (unpaired) electrons. The van der Waals surface area contributed by atoms with E-state index < -0.39 is 0 Å². The lowest BCUT2D eigenvalue weighted by atomic mass is 10.1. The number of nitrogens with zero attached hydrogens (tertiary/aromatic N) is 1. The van der Waals surface area contributed by atoms with Crippen molar-refractivity contribution in [2.75, 3.05) is 39.1 Å². The Balaban J connectivity index is 0. The van der Waals surface area contributed by atoms with E-state index in [1.54, 1.807) is 7.11 Å². The van der Waals surface area contributed by atoms with Gasteiger partial charge in [0, 0.05) is 32.5 Å². The minimum Gasteiger partial charge on any atom is -0.381 e. The van der Waals surface area contributed by atoms with Crippen molar-refractivity contribution in [3.63, 3.8) is 0 Å². The number of methoxy groups -OCH3 is 1. The van der Waals surface area contributed by atoms with Crippen LogP contribution in [0.4, 0.5) is 0 Å². The molecule has 138 valence electrons. The van der Waals surface area contributed by atoms with Crippen LogP contribution in [0.1, 0.15) is 27.2 Å². The first-order valence-electron chi connectivity index (χ1n) is 8.57. The second-order valence-corrected chi connectivity index (χ2v) is 6.80. The Morgan fingerprint density at radius 2 is 1.92 bits per heavy atom. The Hall–Kier alpha value is -1.03. The molecule has 0 aromatic rings. The van der Waals surface area contributed by atoms with Crippen LogP contribution in [0.5, 0.6) is 0 Å². The maximum Gasteiger partial charge on any atom is 0.0644 e. The van der Waals surface area contributed by atoms with Crippen molar-refractivity contribution < 1.29 is 4.74 Å². The van der Waals surface area contributed by atoms with Crippen molar-refractivity contribution in [3.05, 3.63) is 61.1 Å². The number of allylic oxidation sites excluding steroid dienone is 4. The van der Waals surface area contributed by atoms with E-state index in [1.807, 2.05) is 30.0 Å². The van der Waals surface area contributed by atoms with Gasteiger partial charge in [0.25, 0.3) is 0 Å². The average Bonchev–Trinajstić information content (AvgIpc) is 2.58. The SMILES string of the molecule is C=C/C=C(\C)SCCN(C/C=C/COC)CC(C)C=C.C=CCC. The average molecular weight is 352 g/mol. The van der Waals surface area contributed by atoms with Crippen LogP contribution in [0, 0.1) is 5.92 Å². The number of rotatable bonds is 13. The molecule has 0 heterocycles. The molecular formula is C21H37NOS. The monoisotopic (exact) mass is 351 g/mol. The summed E-state index contributed by atoms with van der Waals surface area (Å²) in [5, 5.41) is 0. The zero-order valence-electron chi connectivity index (χ0n) is 16.2. The number of hydrogen-bond acceptors (Lipinski definition) is 3. The fourth-order valence-electron chi connectivity index (χ4n) is 1.68. The van der Waals surface area contributed by atoms with Crippen LogP contribution in [0.25, 0.3) is 0 Å². The van der Waals surface area contributed by atoms with E-state index in [9.17, 15) is 0 Å². The molecule has 0 aliphatic carbocycles. The summed E-state index contributed by atoms with van der Waals surface area (Å²) in [4.78, 5) is 3.76. The minimum atomic E-state index is 0.514. The molecule has 2 nitrogen and oxygen atoms in total. The lowest BCUT2D eigenvalue weighted by Crippen LogP contribution is -2.30. The number of hydrogen-bond donors (Lipinski definition) is 0. The fraction of sp³-hybridized carbons (Fsp3) is 0.524. The molecule has 0 amide bonds. The van der Waals surface area contributed by atoms with Gasteiger partial charge in [0.1, 0.15) is 0 Å². The smallest absolute Gasteiger partial charge is 0.0644 e. The molecule has 0 fully saturated rings. The Bertz CT molecular complexity index is 374. The van der Waals surface area contributed by atoms with E-state index in [0.29, 0.717) is 12.5 Å². The highest BCUT2D eigenvalue weighted by Gasteiger charge is 2.06. The highest BCUT2D eigenvalue weighted by atomic mass is 32.2. The zero-order valence-corrected chi connectivity index (χ0v) is 17.0. The maximum atomic E-state index is 5.02. The molecule has 0 aromatic carbocycles. The van der Waals surface area contributed by atoms with Gasteiger partial charge < -0.3 is 4.74 Å². The summed E-state index contributed by atoms with van der Waals surface area (Å²) in [6.45, 7) is 21.2. The standard InChI is InChI=1S/C17H29NOS.C4H8/c1-6-10-17(4)20-14-12-18(15-16(3)7-2)11-8-9-13-19-5;1-3-4-2/h6-10,16H,1-2,11-15H2,3-5H3;3H,1,4H2,2H3/b9-8+,17-10+;. The second-order valence-electron chi connectivity index (χ2n) is 5.46. The molecule has 24 heavy (non-hydrogen) atoms. The fourth-order valence-corrected chi connectivity index (χ4v) is 2.54. The molecule has 0 rings (SSSR count). The first-order chi connectivity index (χ1) is 11.5. The van der Waals surface area contributed by atoms with Crippen LogP contribution in [0.2, 0.25) is 0 Å². The van der Waals surface area contributed by atoms with Gasteiger partial charge in [-0.15, -0.1) is 24.9 Å². The summed E-state index contributed by atoms with van der Waals surface area (Å²) in [5.41, 5.74) is 0. The summed E-state index contributed by atoms with van der Waals surface area (Å²) in [5.74, 6) is 1.61. The molecule has 1 atom stereocenters. The lowest BCUT2D eigenvalue weighted by molar-refractivity contribution is 0.232. The predicted molar refractivity (Wildman–Crippen MR) is 114 cm³/mol. The summed E-state index contributed by atoms with van der Waals surface area (Å²) in [6, 6.07) is 0. The van der Waals surface area contributed by atoms with E-state index in [-0.39, 0.29) is 0 Å². The van der Waals surface area contributed by atoms with Crippen LogP contribution < -0.4 is 0 Å². The van der Waals surface area contributed by atoms with Crippen molar-refractivity contribution in [1.29, 1.82) is 0 Å². The third kappa shape index (κ3) is 19.0. The van der Waals surface area contributed by atoms with Gasteiger partial charge in [0.05, 0.1) is 6.61 Å². The zero-order chi connectivity index (χ0) is 18.6. The summed E-state index contributed by atoms with van der Waals surface area (Å²) >= 11 is 1.88. The van der Waals surface area contributed by atoms with Crippen LogP contribution in [0.3, 0.4) is 0 Å². The number of thioether (sulfide) groups is 1. The molecule has 0 aliphatic heterocycles. The molecule has 0 saturated heterocycles. The van der Waals surface area contributed by atoms with Crippen molar-refractivity contribution in [2.24, 2.45) is 5.92 Å². The van der Waals surface area contributed by atoms with E-state index in [4.69, 9.17) is 4.74 Å². The van der Waals surface area contributed by atoms with Gasteiger partial charge in [-0.1, -0.05) is 56.9 Å². The maximum absolute atomic E-state index is 5.02. The predicted octanol–water partition coefficient (Wildman–Crippen LogP) is 5.72. The molecule has 0 N–H and O–H groups in total. The molecule has 0 aromatic heterocycles. The Labute approximate surface area is 155 Å². The van der Waals surface area contributed by atoms with Crippen LogP contribution in [0.15, 0.2) is 61.1 Å². The quantitative estimate of drug-likeness (QED) is 0.311. The van der Waals surface area contributed by atoms with Gasteiger partial charge in [-0.3, -0.25) is 4.90 Å². The van der Waals surface area contributed by atoms with Gasteiger partial charge in [-0.25, -0.2) is 0 Å². The van der Waals surface area contributed by atoms with Crippen LogP contribution >= 0.6 is 11.8 Å². The van der Waals surface area contributed by atoms with Gasteiger partial charge >= 0.3 is 0 Å². The molecule has 0 spiro atoms. The van der Waals surface area contributed by atoms with Crippen molar-refractivity contribution in [2.45, 2.75) is 27.2 Å². The minimum absolute atomic E-state index is 0.514. The lowest BCUT2D eigenvalue weighted by Gasteiger charge is -2.23. The first-order valence-corrected chi connectivity index (χ1v) is 9.55. The normalized spacial score (nSPS) is 12.6. The topological polar surface area (TPSA) is 12.5 Å². The van der Waals surface area contributed by atoms with Crippen molar-refractivity contribution in [1.82, 2.24) is 4.90 Å². The third-order valence-electron chi connectivity index (χ3n) is 3.12. The van der Waals surface area contributed by atoms with Gasteiger partial charge in [-0.05, 0) is 24.2 Å². The van der Waals surface area contributed by atoms with Gasteiger partial charge in [0.15, 0.2) is 0 Å². The molecule has 0 saturated carbocycles. The molecular weight excluding hydrogens is 314 g/mol. The Morgan fingerprint density at radius 3 is 2.42 bits per heavy atom. The largest absolute Gasteiger partial charge is 0.381 e. The van der Waals surface area contributed by atoms with Gasteiger partial charge in [0.2, 0.25) is 0 Å².